The number of aliphatic hydroxyl groups excluding tert-OH is 1. The molecule has 2 rings (SSSR count). The van der Waals surface area contributed by atoms with Gasteiger partial charge in [0.1, 0.15) is 0 Å². The second kappa shape index (κ2) is 4.72. The van der Waals surface area contributed by atoms with Gasteiger partial charge in [-0.25, -0.2) is 0 Å². The van der Waals surface area contributed by atoms with Crippen LogP contribution in [0.1, 0.15) is 25.5 Å². The number of nitrogens with zero attached hydrogens (tertiary/aromatic N) is 3. The summed E-state index contributed by atoms with van der Waals surface area (Å²) in [5.41, 5.74) is 0.979. The van der Waals surface area contributed by atoms with E-state index in [1.807, 2.05) is 6.20 Å². The van der Waals surface area contributed by atoms with Crippen molar-refractivity contribution in [2.24, 2.45) is 5.92 Å². The Morgan fingerprint density at radius 2 is 2.47 bits per heavy atom. The minimum Gasteiger partial charge on any atom is -0.396 e. The smallest absolute Gasteiger partial charge is 0.0964 e. The molecule has 5 nitrogen and oxygen atoms in total. The van der Waals surface area contributed by atoms with E-state index in [0.717, 1.165) is 31.1 Å². The highest BCUT2D eigenvalue weighted by Crippen LogP contribution is 2.29. The summed E-state index contributed by atoms with van der Waals surface area (Å²) in [6.07, 6.45) is 3.95. The van der Waals surface area contributed by atoms with E-state index in [4.69, 9.17) is 5.11 Å². The van der Waals surface area contributed by atoms with Gasteiger partial charge in [-0.15, -0.1) is 5.10 Å². The van der Waals surface area contributed by atoms with Gasteiger partial charge in [-0.2, -0.15) is 0 Å². The van der Waals surface area contributed by atoms with Crippen LogP contribution in [0.5, 0.6) is 0 Å². The van der Waals surface area contributed by atoms with Crippen LogP contribution in [-0.4, -0.2) is 32.7 Å². The molecule has 0 spiro atoms. The van der Waals surface area contributed by atoms with Crippen LogP contribution in [0.2, 0.25) is 0 Å². The molecule has 0 bridgehead atoms. The number of aryl methyl sites for hydroxylation is 1. The third-order valence-corrected chi connectivity index (χ3v) is 2.79. The molecule has 0 radical (unpaired) electrons. The molecule has 2 N–H and O–H groups in total. The van der Waals surface area contributed by atoms with Crippen LogP contribution in [-0.2, 0) is 13.1 Å². The van der Waals surface area contributed by atoms with Crippen molar-refractivity contribution in [2.75, 3.05) is 6.61 Å². The van der Waals surface area contributed by atoms with E-state index in [9.17, 15) is 0 Å². The molecule has 1 fully saturated rings. The Labute approximate surface area is 89.5 Å². The predicted molar refractivity (Wildman–Crippen MR) is 56.1 cm³/mol. The van der Waals surface area contributed by atoms with Gasteiger partial charge in [-0.3, -0.25) is 4.68 Å². The molecule has 1 saturated carbocycles. The molecule has 1 aromatic heterocycles. The van der Waals surface area contributed by atoms with Crippen molar-refractivity contribution in [1.29, 1.82) is 0 Å². The zero-order valence-corrected chi connectivity index (χ0v) is 9.06. The summed E-state index contributed by atoms with van der Waals surface area (Å²) in [6.45, 7) is 3.99. The van der Waals surface area contributed by atoms with Gasteiger partial charge in [0.25, 0.3) is 0 Å². The number of rotatable bonds is 6. The topological polar surface area (TPSA) is 63.0 Å². The molecule has 0 aliphatic heterocycles. The quantitative estimate of drug-likeness (QED) is 0.702. The number of aliphatic hydroxyl groups is 1. The molecule has 1 aromatic rings. The third-order valence-electron chi connectivity index (χ3n) is 2.79. The third kappa shape index (κ3) is 3.00. The molecule has 1 aliphatic carbocycles. The van der Waals surface area contributed by atoms with Gasteiger partial charge in [0.05, 0.1) is 5.69 Å². The Bertz CT molecular complexity index is 312. The lowest BCUT2D eigenvalue weighted by Gasteiger charge is -1.98. The fraction of sp³-hybridized carbons (Fsp3) is 0.800. The molecule has 2 unspecified atom stereocenters. The highest BCUT2D eigenvalue weighted by molar-refractivity contribution is 4.96. The van der Waals surface area contributed by atoms with Crippen molar-refractivity contribution >= 4 is 0 Å². The first-order chi connectivity index (χ1) is 7.29. The van der Waals surface area contributed by atoms with Crippen LogP contribution in [0.25, 0.3) is 0 Å². The van der Waals surface area contributed by atoms with Crippen molar-refractivity contribution in [3.63, 3.8) is 0 Å². The van der Waals surface area contributed by atoms with Crippen LogP contribution < -0.4 is 5.32 Å². The first kappa shape index (κ1) is 10.6. The summed E-state index contributed by atoms with van der Waals surface area (Å²) in [4.78, 5) is 0. The molecule has 0 aromatic carbocycles. The highest BCUT2D eigenvalue weighted by atomic mass is 16.3. The van der Waals surface area contributed by atoms with Crippen LogP contribution in [0.3, 0.4) is 0 Å². The standard InChI is InChI=1S/C10H18N4O/c1-8-5-10(8)11-6-9-7-14(13-12-9)3-2-4-15/h7-8,10-11,15H,2-6H2,1H3. The van der Waals surface area contributed by atoms with E-state index in [2.05, 4.69) is 22.6 Å². The first-order valence-corrected chi connectivity index (χ1v) is 5.53. The minimum atomic E-state index is 0.201. The van der Waals surface area contributed by atoms with Gasteiger partial charge in [-0.1, -0.05) is 12.1 Å². The van der Waals surface area contributed by atoms with Gasteiger partial charge in [-0.05, 0) is 18.8 Å². The van der Waals surface area contributed by atoms with Crippen molar-refractivity contribution in [1.82, 2.24) is 20.3 Å². The lowest BCUT2D eigenvalue weighted by atomic mass is 10.4. The van der Waals surface area contributed by atoms with Gasteiger partial charge >= 0.3 is 0 Å². The maximum Gasteiger partial charge on any atom is 0.0964 e. The predicted octanol–water partition coefficient (Wildman–Crippen LogP) is 0.158. The SMILES string of the molecule is CC1CC1NCc1cn(CCCO)nn1. The maximum atomic E-state index is 8.67. The largest absolute Gasteiger partial charge is 0.396 e. The van der Waals surface area contributed by atoms with E-state index < -0.39 is 0 Å². The van der Waals surface area contributed by atoms with Gasteiger partial charge in [0.2, 0.25) is 0 Å². The number of hydrogen-bond donors (Lipinski definition) is 2. The Morgan fingerprint density at radius 1 is 1.67 bits per heavy atom. The number of hydrogen-bond acceptors (Lipinski definition) is 4. The van der Waals surface area contributed by atoms with E-state index in [1.165, 1.54) is 6.42 Å². The lowest BCUT2D eigenvalue weighted by molar-refractivity contribution is 0.276. The van der Waals surface area contributed by atoms with Crippen molar-refractivity contribution in [2.45, 2.75) is 38.9 Å². The molecule has 2 atom stereocenters. The van der Waals surface area contributed by atoms with Gasteiger partial charge in [0.15, 0.2) is 0 Å². The Kier molecular flexibility index (Phi) is 3.33. The Hall–Kier alpha value is -0.940. The lowest BCUT2D eigenvalue weighted by Crippen LogP contribution is -2.17. The van der Waals surface area contributed by atoms with E-state index in [0.29, 0.717) is 6.04 Å². The average Bonchev–Trinajstić information content (AvgIpc) is 2.77. The fourth-order valence-electron chi connectivity index (χ4n) is 1.60. The monoisotopic (exact) mass is 210 g/mol. The summed E-state index contributed by atoms with van der Waals surface area (Å²) in [7, 11) is 0. The highest BCUT2D eigenvalue weighted by Gasteiger charge is 2.31. The van der Waals surface area contributed by atoms with E-state index in [-0.39, 0.29) is 6.61 Å². The molecule has 15 heavy (non-hydrogen) atoms. The van der Waals surface area contributed by atoms with E-state index in [1.54, 1.807) is 4.68 Å². The van der Waals surface area contributed by atoms with Crippen molar-refractivity contribution in [3.8, 4) is 0 Å². The molecule has 0 saturated heterocycles. The molecule has 1 heterocycles. The molecule has 0 amide bonds. The zero-order valence-electron chi connectivity index (χ0n) is 9.06. The van der Waals surface area contributed by atoms with Crippen molar-refractivity contribution in [3.05, 3.63) is 11.9 Å². The van der Waals surface area contributed by atoms with Gasteiger partial charge < -0.3 is 10.4 Å². The summed E-state index contributed by atoms with van der Waals surface area (Å²) in [5.74, 6) is 0.814. The van der Waals surface area contributed by atoms with Crippen LogP contribution in [0.4, 0.5) is 0 Å². The molecule has 5 heteroatoms. The second-order valence-electron chi connectivity index (χ2n) is 4.25. The van der Waals surface area contributed by atoms with E-state index >= 15 is 0 Å². The Balaban J connectivity index is 1.74. The summed E-state index contributed by atoms with van der Waals surface area (Å²) >= 11 is 0. The number of nitrogens with one attached hydrogen (secondary N) is 1. The fourth-order valence-corrected chi connectivity index (χ4v) is 1.60. The van der Waals surface area contributed by atoms with Crippen molar-refractivity contribution < 1.29 is 5.11 Å². The average molecular weight is 210 g/mol. The second-order valence-corrected chi connectivity index (χ2v) is 4.25. The van der Waals surface area contributed by atoms with Crippen LogP contribution in [0.15, 0.2) is 6.20 Å². The molecular formula is C10H18N4O. The zero-order chi connectivity index (χ0) is 10.7. The molecule has 1 aliphatic rings. The summed E-state index contributed by atoms with van der Waals surface area (Å²) in [6, 6.07) is 0.674. The van der Waals surface area contributed by atoms with Crippen LogP contribution >= 0.6 is 0 Å². The minimum absolute atomic E-state index is 0.201. The molecule has 84 valence electrons. The van der Waals surface area contributed by atoms with Crippen LogP contribution in [0, 0.1) is 5.92 Å². The number of aromatic nitrogens is 3. The normalized spacial score (nSPS) is 24.4. The summed E-state index contributed by atoms with van der Waals surface area (Å²) < 4.78 is 1.78. The first-order valence-electron chi connectivity index (χ1n) is 5.53. The summed E-state index contributed by atoms with van der Waals surface area (Å²) in [5, 5.41) is 20.2. The maximum absolute atomic E-state index is 8.67. The Morgan fingerprint density at radius 3 is 3.13 bits per heavy atom. The van der Waals surface area contributed by atoms with Gasteiger partial charge in [0, 0.05) is 31.9 Å². The molecular weight excluding hydrogens is 192 g/mol.